The van der Waals surface area contributed by atoms with Crippen LogP contribution in [0.15, 0.2) is 65.8 Å². The fraction of sp³-hybridized carbons (Fsp3) is 0.227. The van der Waals surface area contributed by atoms with Crippen molar-refractivity contribution in [2.24, 2.45) is 0 Å². The number of fused-ring (bicyclic) bond motifs is 2. The third-order valence-electron chi connectivity index (χ3n) is 5.45. The summed E-state index contributed by atoms with van der Waals surface area (Å²) in [4.78, 5) is 14.3. The minimum atomic E-state index is -3.82. The number of aliphatic hydroxyl groups excluding tert-OH is 1. The quantitative estimate of drug-likeness (QED) is 0.667. The van der Waals surface area contributed by atoms with E-state index in [0.717, 1.165) is 11.1 Å². The van der Waals surface area contributed by atoms with Crippen LogP contribution in [-0.2, 0) is 27.9 Å². The Hall–Kier alpha value is -3.30. The number of hydrogen-bond acceptors (Lipinski definition) is 6. The maximum atomic E-state index is 13.1. The number of amides is 1. The van der Waals surface area contributed by atoms with Gasteiger partial charge in [0.15, 0.2) is 17.6 Å². The number of nitrogens with zero attached hydrogens (tertiary/aromatic N) is 2. The van der Waals surface area contributed by atoms with Gasteiger partial charge in [0, 0.05) is 31.5 Å². The Morgan fingerprint density at radius 2 is 1.58 bits per heavy atom. The molecule has 0 spiro atoms. The van der Waals surface area contributed by atoms with Gasteiger partial charge in [-0.1, -0.05) is 30.3 Å². The Kier molecular flexibility index (Phi) is 4.71. The van der Waals surface area contributed by atoms with Crippen molar-refractivity contribution in [3.8, 4) is 11.5 Å². The highest BCUT2D eigenvalue weighted by Crippen LogP contribution is 2.34. The van der Waals surface area contributed by atoms with E-state index in [2.05, 4.69) is 0 Å². The molecule has 0 radical (unpaired) electrons. The van der Waals surface area contributed by atoms with Crippen molar-refractivity contribution < 1.29 is 27.8 Å². The number of rotatable bonds is 4. The molecule has 1 amide bonds. The summed E-state index contributed by atoms with van der Waals surface area (Å²) in [5.41, 5.74) is 1.99. The van der Waals surface area contributed by atoms with Gasteiger partial charge < -0.3 is 19.5 Å². The molecule has 1 N–H and O–H groups in total. The largest absolute Gasteiger partial charge is 0.486 e. The van der Waals surface area contributed by atoms with Gasteiger partial charge in [0.1, 0.15) is 13.2 Å². The fourth-order valence-electron chi connectivity index (χ4n) is 3.81. The zero-order chi connectivity index (χ0) is 21.6. The second-order valence-electron chi connectivity index (χ2n) is 7.46. The van der Waals surface area contributed by atoms with Gasteiger partial charge >= 0.3 is 0 Å². The molecule has 0 bridgehead atoms. The molecule has 160 valence electrons. The van der Waals surface area contributed by atoms with E-state index in [9.17, 15) is 18.3 Å². The molecule has 2 aliphatic rings. The molecule has 2 aliphatic heterocycles. The maximum absolute atomic E-state index is 13.1. The van der Waals surface area contributed by atoms with Crippen molar-refractivity contribution in [3.63, 3.8) is 0 Å². The lowest BCUT2D eigenvalue weighted by Gasteiger charge is -2.20. The van der Waals surface area contributed by atoms with Crippen LogP contribution in [-0.4, -0.2) is 41.5 Å². The standard InChI is InChI=1S/C22H20N2O6S/c25-21(15-4-2-1-3-5-15)22(26)23-11-16-13-24(14-17(16)12-23)31(27,28)18-6-7-19-20(10-18)30-9-8-29-19/h1-7,10,13-14,21,25H,8-9,11-12H2/t21-/m0/s1. The van der Waals surface area contributed by atoms with Gasteiger partial charge in [0.05, 0.1) is 4.90 Å². The van der Waals surface area contributed by atoms with Gasteiger partial charge in [-0.3, -0.25) is 4.79 Å². The number of carbonyl (C=O) groups excluding carboxylic acids is 1. The molecule has 9 heteroatoms. The second-order valence-corrected chi connectivity index (χ2v) is 9.30. The average Bonchev–Trinajstić information content (AvgIpc) is 3.38. The minimum Gasteiger partial charge on any atom is -0.486 e. The molecule has 3 heterocycles. The lowest BCUT2D eigenvalue weighted by Crippen LogP contribution is -2.31. The zero-order valence-electron chi connectivity index (χ0n) is 16.5. The molecule has 0 saturated heterocycles. The molecule has 0 saturated carbocycles. The molecular formula is C22H20N2O6S. The molecule has 5 rings (SSSR count). The predicted octanol–water partition coefficient (Wildman–Crippen LogP) is 2.07. The van der Waals surface area contributed by atoms with E-state index in [1.807, 2.05) is 6.07 Å². The molecule has 0 unspecified atom stereocenters. The highest BCUT2D eigenvalue weighted by molar-refractivity contribution is 7.90. The Balaban J connectivity index is 1.35. The van der Waals surface area contributed by atoms with Crippen LogP contribution in [0.4, 0.5) is 0 Å². The van der Waals surface area contributed by atoms with Crippen molar-refractivity contribution in [1.29, 1.82) is 0 Å². The van der Waals surface area contributed by atoms with E-state index in [-0.39, 0.29) is 18.0 Å². The summed E-state index contributed by atoms with van der Waals surface area (Å²) in [6.07, 6.45) is 1.78. The first-order chi connectivity index (χ1) is 14.9. The summed E-state index contributed by atoms with van der Waals surface area (Å²) in [6.45, 7) is 1.27. The van der Waals surface area contributed by atoms with Gasteiger partial charge in [0.2, 0.25) is 0 Å². The second kappa shape index (κ2) is 7.44. The van der Waals surface area contributed by atoms with Crippen LogP contribution in [0.2, 0.25) is 0 Å². The predicted molar refractivity (Wildman–Crippen MR) is 110 cm³/mol. The Morgan fingerprint density at radius 1 is 0.935 bits per heavy atom. The highest BCUT2D eigenvalue weighted by atomic mass is 32.2. The summed E-state index contributed by atoms with van der Waals surface area (Å²) in [5, 5.41) is 10.4. The molecular weight excluding hydrogens is 420 g/mol. The number of carbonyl (C=O) groups is 1. The van der Waals surface area contributed by atoms with Crippen molar-refractivity contribution in [2.75, 3.05) is 13.2 Å². The number of ether oxygens (including phenoxy) is 2. The SMILES string of the molecule is O=C([C@@H](O)c1ccccc1)N1Cc2cn(S(=O)(=O)c3ccc4c(c3)OCCO4)cc2C1. The lowest BCUT2D eigenvalue weighted by molar-refractivity contribution is -0.141. The van der Waals surface area contributed by atoms with Crippen LogP contribution >= 0.6 is 0 Å². The summed E-state index contributed by atoms with van der Waals surface area (Å²) < 4.78 is 38.3. The Bertz CT molecular complexity index is 1230. The summed E-state index contributed by atoms with van der Waals surface area (Å²) in [6, 6.07) is 13.3. The summed E-state index contributed by atoms with van der Waals surface area (Å²) in [5.74, 6) is 0.508. The third kappa shape index (κ3) is 3.45. The normalized spacial score (nSPS) is 16.1. The van der Waals surface area contributed by atoms with Gasteiger partial charge in [-0.15, -0.1) is 0 Å². The van der Waals surface area contributed by atoms with Gasteiger partial charge in [0.25, 0.3) is 15.9 Å². The number of benzene rings is 2. The molecule has 3 aromatic rings. The van der Waals surface area contributed by atoms with Crippen molar-refractivity contribution in [1.82, 2.24) is 8.87 Å². The van der Waals surface area contributed by atoms with Gasteiger partial charge in [-0.05, 0) is 28.8 Å². The van der Waals surface area contributed by atoms with Crippen LogP contribution in [0.25, 0.3) is 0 Å². The molecule has 31 heavy (non-hydrogen) atoms. The van der Waals surface area contributed by atoms with Gasteiger partial charge in [-0.2, -0.15) is 0 Å². The van der Waals surface area contributed by atoms with Crippen LogP contribution in [0, 0.1) is 0 Å². The summed E-state index contributed by atoms with van der Waals surface area (Å²) in [7, 11) is -3.82. The van der Waals surface area contributed by atoms with Crippen molar-refractivity contribution in [2.45, 2.75) is 24.1 Å². The third-order valence-corrected chi connectivity index (χ3v) is 7.07. The first-order valence-electron chi connectivity index (χ1n) is 9.80. The molecule has 8 nitrogen and oxygen atoms in total. The first kappa shape index (κ1) is 19.7. The van der Waals surface area contributed by atoms with Crippen LogP contribution in [0.5, 0.6) is 11.5 Å². The first-order valence-corrected chi connectivity index (χ1v) is 11.2. The van der Waals surface area contributed by atoms with E-state index < -0.39 is 22.0 Å². The minimum absolute atomic E-state index is 0.0952. The Labute approximate surface area is 179 Å². The van der Waals surface area contributed by atoms with E-state index >= 15 is 0 Å². The molecule has 2 aromatic carbocycles. The smallest absolute Gasteiger partial charge is 0.267 e. The fourth-order valence-corrected chi connectivity index (χ4v) is 5.08. The van der Waals surface area contributed by atoms with Crippen LogP contribution in [0.3, 0.4) is 0 Å². The van der Waals surface area contributed by atoms with E-state index in [0.29, 0.717) is 30.3 Å². The topological polar surface area (TPSA) is 98.1 Å². The summed E-state index contributed by atoms with van der Waals surface area (Å²) >= 11 is 0. The molecule has 0 fully saturated rings. The van der Waals surface area contributed by atoms with E-state index in [1.165, 1.54) is 33.4 Å². The van der Waals surface area contributed by atoms with E-state index in [1.54, 1.807) is 30.3 Å². The van der Waals surface area contributed by atoms with Crippen molar-refractivity contribution in [3.05, 3.63) is 77.6 Å². The molecule has 1 aromatic heterocycles. The monoisotopic (exact) mass is 440 g/mol. The number of aromatic nitrogens is 1. The lowest BCUT2D eigenvalue weighted by atomic mass is 10.1. The van der Waals surface area contributed by atoms with E-state index in [4.69, 9.17) is 9.47 Å². The number of aliphatic hydroxyl groups is 1. The van der Waals surface area contributed by atoms with Crippen LogP contribution in [0.1, 0.15) is 22.8 Å². The Morgan fingerprint density at radius 3 is 2.26 bits per heavy atom. The van der Waals surface area contributed by atoms with Crippen LogP contribution < -0.4 is 9.47 Å². The maximum Gasteiger partial charge on any atom is 0.267 e. The molecule has 0 aliphatic carbocycles. The van der Waals surface area contributed by atoms with Crippen molar-refractivity contribution >= 4 is 15.9 Å². The highest BCUT2D eigenvalue weighted by Gasteiger charge is 2.31. The number of hydrogen-bond donors (Lipinski definition) is 1. The van der Waals surface area contributed by atoms with Gasteiger partial charge in [-0.25, -0.2) is 12.4 Å². The molecule has 1 atom stereocenters. The average molecular weight is 440 g/mol. The zero-order valence-corrected chi connectivity index (χ0v) is 17.3.